The van der Waals surface area contributed by atoms with Gasteiger partial charge in [0.05, 0.1) is 0 Å². The van der Waals surface area contributed by atoms with Crippen LogP contribution in [-0.2, 0) is 0 Å². The maximum absolute atomic E-state index is 12.5. The van der Waals surface area contributed by atoms with Gasteiger partial charge in [0, 0.05) is 47.8 Å². The minimum atomic E-state index is 0.0464. The number of carbonyl (C=O) groups excluding carboxylic acids is 1. The van der Waals surface area contributed by atoms with Crippen molar-refractivity contribution in [1.82, 2.24) is 14.8 Å². The first kappa shape index (κ1) is 15.5. The molecule has 4 heteroatoms. The highest BCUT2D eigenvalue weighted by Gasteiger charge is 2.34. The average molecular weight is 323 g/mol. The van der Waals surface area contributed by atoms with Crippen molar-refractivity contribution in [3.8, 4) is 5.69 Å². The van der Waals surface area contributed by atoms with E-state index in [1.807, 2.05) is 24.3 Å². The molecule has 2 aromatic rings. The van der Waals surface area contributed by atoms with Crippen molar-refractivity contribution in [3.05, 3.63) is 53.3 Å². The van der Waals surface area contributed by atoms with Crippen molar-refractivity contribution >= 4 is 5.91 Å². The normalized spacial score (nSPS) is 21.2. The van der Waals surface area contributed by atoms with Gasteiger partial charge < -0.3 is 9.88 Å². The van der Waals surface area contributed by atoms with E-state index >= 15 is 0 Å². The highest BCUT2D eigenvalue weighted by Crippen LogP contribution is 2.29. The molecule has 0 spiro atoms. The number of nitrogens with one attached hydrogen (secondary N) is 1. The van der Waals surface area contributed by atoms with Crippen LogP contribution in [0.15, 0.2) is 36.4 Å². The van der Waals surface area contributed by atoms with E-state index in [2.05, 4.69) is 40.8 Å². The molecule has 1 aliphatic carbocycles. The van der Waals surface area contributed by atoms with Gasteiger partial charge in [-0.3, -0.25) is 9.69 Å². The summed E-state index contributed by atoms with van der Waals surface area (Å²) >= 11 is 0. The Hall–Kier alpha value is -2.07. The van der Waals surface area contributed by atoms with Gasteiger partial charge in [-0.1, -0.05) is 0 Å². The lowest BCUT2D eigenvalue weighted by molar-refractivity contribution is 0.0937. The second kappa shape index (κ2) is 6.10. The number of nitrogens with zero attached hydrogens (tertiary/aromatic N) is 2. The summed E-state index contributed by atoms with van der Waals surface area (Å²) in [7, 11) is 0. The van der Waals surface area contributed by atoms with Gasteiger partial charge in [-0.2, -0.15) is 0 Å². The molecule has 1 aromatic heterocycles. The van der Waals surface area contributed by atoms with E-state index in [-0.39, 0.29) is 5.91 Å². The van der Waals surface area contributed by atoms with Gasteiger partial charge in [-0.25, -0.2) is 0 Å². The van der Waals surface area contributed by atoms with E-state index < -0.39 is 0 Å². The van der Waals surface area contributed by atoms with Gasteiger partial charge in [-0.05, 0) is 69.5 Å². The molecule has 2 heterocycles. The fraction of sp³-hybridized carbons (Fsp3) is 0.450. The molecule has 1 N–H and O–H groups in total. The van der Waals surface area contributed by atoms with Crippen molar-refractivity contribution in [2.24, 2.45) is 0 Å². The van der Waals surface area contributed by atoms with Gasteiger partial charge in [0.25, 0.3) is 5.91 Å². The largest absolute Gasteiger partial charge is 0.348 e. The van der Waals surface area contributed by atoms with E-state index in [1.165, 1.54) is 24.2 Å². The lowest BCUT2D eigenvalue weighted by atomic mass is 10.1. The monoisotopic (exact) mass is 323 g/mol. The van der Waals surface area contributed by atoms with Crippen LogP contribution < -0.4 is 5.32 Å². The Balaban J connectivity index is 1.42. The molecule has 24 heavy (non-hydrogen) atoms. The van der Waals surface area contributed by atoms with Crippen molar-refractivity contribution < 1.29 is 4.79 Å². The first-order chi connectivity index (χ1) is 11.6. The number of benzene rings is 1. The van der Waals surface area contributed by atoms with E-state index in [0.717, 1.165) is 36.8 Å². The summed E-state index contributed by atoms with van der Waals surface area (Å²) in [6, 6.07) is 13.2. The molecule has 0 bridgehead atoms. The minimum Gasteiger partial charge on any atom is -0.348 e. The molecule has 0 radical (unpaired) electrons. The zero-order valence-electron chi connectivity index (χ0n) is 14.5. The highest BCUT2D eigenvalue weighted by molar-refractivity contribution is 5.94. The van der Waals surface area contributed by atoms with Crippen molar-refractivity contribution in [3.63, 3.8) is 0 Å². The lowest BCUT2D eigenvalue weighted by Gasteiger charge is -2.16. The maximum Gasteiger partial charge on any atom is 0.251 e. The van der Waals surface area contributed by atoms with Crippen LogP contribution in [0, 0.1) is 13.8 Å². The molecule has 1 unspecified atom stereocenters. The summed E-state index contributed by atoms with van der Waals surface area (Å²) in [5.74, 6) is 0.0464. The smallest absolute Gasteiger partial charge is 0.251 e. The zero-order chi connectivity index (χ0) is 16.7. The summed E-state index contributed by atoms with van der Waals surface area (Å²) in [6.07, 6.45) is 3.74. The highest BCUT2D eigenvalue weighted by atomic mass is 16.1. The number of carbonyl (C=O) groups is 1. The topological polar surface area (TPSA) is 37.3 Å². The van der Waals surface area contributed by atoms with Crippen LogP contribution in [0.1, 0.15) is 41.0 Å². The molecule has 2 aliphatic rings. The second-order valence-corrected chi connectivity index (χ2v) is 7.18. The quantitative estimate of drug-likeness (QED) is 0.939. The number of aromatic nitrogens is 1. The fourth-order valence-electron chi connectivity index (χ4n) is 3.78. The third kappa shape index (κ3) is 2.98. The third-order valence-electron chi connectivity index (χ3n) is 5.28. The van der Waals surface area contributed by atoms with Crippen LogP contribution in [0.2, 0.25) is 0 Å². The average Bonchev–Trinajstić information content (AvgIpc) is 3.24. The number of hydrogen-bond donors (Lipinski definition) is 1. The Kier molecular flexibility index (Phi) is 3.93. The van der Waals surface area contributed by atoms with Gasteiger partial charge in [0.2, 0.25) is 0 Å². The van der Waals surface area contributed by atoms with Crippen molar-refractivity contribution in [1.29, 1.82) is 0 Å². The lowest BCUT2D eigenvalue weighted by Crippen LogP contribution is -2.37. The predicted octanol–water partition coefficient (Wildman–Crippen LogP) is 3.06. The van der Waals surface area contributed by atoms with Gasteiger partial charge >= 0.3 is 0 Å². The van der Waals surface area contributed by atoms with Crippen LogP contribution in [0.5, 0.6) is 0 Å². The number of likely N-dealkylation sites (tertiary alicyclic amines) is 1. The molecule has 2 fully saturated rings. The number of amides is 1. The third-order valence-corrected chi connectivity index (χ3v) is 5.28. The van der Waals surface area contributed by atoms with Crippen LogP contribution in [0.3, 0.4) is 0 Å². The Morgan fingerprint density at radius 2 is 1.67 bits per heavy atom. The summed E-state index contributed by atoms with van der Waals surface area (Å²) in [6.45, 7) is 6.33. The molecule has 1 aliphatic heterocycles. The number of hydrogen-bond acceptors (Lipinski definition) is 2. The Bertz CT molecular complexity index is 723. The van der Waals surface area contributed by atoms with Gasteiger partial charge in [-0.15, -0.1) is 0 Å². The SMILES string of the molecule is Cc1ccc(C)n1-c1ccc(C(=O)NC2CCN(C3CC3)C2)cc1. The molecule has 1 atom stereocenters. The minimum absolute atomic E-state index is 0.0464. The van der Waals surface area contributed by atoms with E-state index in [4.69, 9.17) is 0 Å². The molecule has 1 aromatic carbocycles. The number of rotatable bonds is 4. The fourth-order valence-corrected chi connectivity index (χ4v) is 3.78. The molecule has 126 valence electrons. The molecular formula is C20H25N3O. The first-order valence-corrected chi connectivity index (χ1v) is 8.92. The first-order valence-electron chi connectivity index (χ1n) is 8.92. The summed E-state index contributed by atoms with van der Waals surface area (Å²) < 4.78 is 2.20. The van der Waals surface area contributed by atoms with Crippen LogP contribution in [-0.4, -0.2) is 40.5 Å². The Morgan fingerprint density at radius 1 is 1.00 bits per heavy atom. The molecular weight excluding hydrogens is 298 g/mol. The van der Waals surface area contributed by atoms with Gasteiger partial charge in [0.1, 0.15) is 0 Å². The van der Waals surface area contributed by atoms with Gasteiger partial charge in [0.15, 0.2) is 0 Å². The Morgan fingerprint density at radius 3 is 2.29 bits per heavy atom. The molecule has 4 nitrogen and oxygen atoms in total. The Labute approximate surface area is 143 Å². The zero-order valence-corrected chi connectivity index (χ0v) is 14.5. The molecule has 4 rings (SSSR count). The van der Waals surface area contributed by atoms with E-state index in [9.17, 15) is 4.79 Å². The molecule has 1 amide bonds. The summed E-state index contributed by atoms with van der Waals surface area (Å²) in [5, 5.41) is 3.20. The van der Waals surface area contributed by atoms with Crippen molar-refractivity contribution in [2.75, 3.05) is 13.1 Å². The van der Waals surface area contributed by atoms with Crippen LogP contribution in [0.4, 0.5) is 0 Å². The standard InChI is InChI=1S/C20H25N3O/c1-14-3-4-15(2)23(14)19-7-5-16(6-8-19)20(24)21-17-11-12-22(13-17)18-9-10-18/h3-8,17-18H,9-13H2,1-2H3,(H,21,24). The molecule has 1 saturated carbocycles. The van der Waals surface area contributed by atoms with Crippen LogP contribution >= 0.6 is 0 Å². The molecule has 1 saturated heterocycles. The summed E-state index contributed by atoms with van der Waals surface area (Å²) in [5.41, 5.74) is 4.25. The summed E-state index contributed by atoms with van der Waals surface area (Å²) in [4.78, 5) is 15.0. The predicted molar refractivity (Wildman–Crippen MR) is 95.7 cm³/mol. The van der Waals surface area contributed by atoms with E-state index in [0.29, 0.717) is 6.04 Å². The van der Waals surface area contributed by atoms with Crippen LogP contribution in [0.25, 0.3) is 5.69 Å². The maximum atomic E-state index is 12.5. The van der Waals surface area contributed by atoms with E-state index in [1.54, 1.807) is 0 Å². The second-order valence-electron chi connectivity index (χ2n) is 7.18. The number of aryl methyl sites for hydroxylation is 2. The van der Waals surface area contributed by atoms with Crippen molar-refractivity contribution in [2.45, 2.75) is 45.2 Å².